The first-order chi connectivity index (χ1) is 9.49. The van der Waals surface area contributed by atoms with E-state index >= 15 is 0 Å². The molecule has 0 amide bonds. The summed E-state index contributed by atoms with van der Waals surface area (Å²) in [6.45, 7) is 20.7. The molecule has 0 saturated carbocycles. The van der Waals surface area contributed by atoms with Gasteiger partial charge in [0.2, 0.25) is 0 Å². The van der Waals surface area contributed by atoms with Crippen LogP contribution in [0.2, 0.25) is 0 Å². The van der Waals surface area contributed by atoms with Gasteiger partial charge in [-0.3, -0.25) is 9.34 Å². The minimum absolute atomic E-state index is 0.274. The largest absolute Gasteiger partial charge is 0.270 e. The van der Waals surface area contributed by atoms with Crippen LogP contribution in [0.4, 0.5) is 0 Å². The highest BCUT2D eigenvalue weighted by molar-refractivity contribution is 7.54. The summed E-state index contributed by atoms with van der Waals surface area (Å²) in [5.41, 5.74) is 3.76. The zero-order valence-electron chi connectivity index (χ0n) is 14.5. The predicted molar refractivity (Wildman–Crippen MR) is 93.2 cm³/mol. The highest BCUT2D eigenvalue weighted by Crippen LogP contribution is 2.54. The van der Waals surface area contributed by atoms with Crippen molar-refractivity contribution in [3.05, 3.63) is 23.3 Å². The first-order valence-corrected chi connectivity index (χ1v) is 9.47. The fourth-order valence-corrected chi connectivity index (χ4v) is 6.39. The van der Waals surface area contributed by atoms with Crippen molar-refractivity contribution in [2.45, 2.75) is 54.1 Å². The summed E-state index contributed by atoms with van der Waals surface area (Å²) in [5.74, 6) is 0.594. The molecule has 0 heterocycles. The van der Waals surface area contributed by atoms with Crippen LogP contribution in [0.1, 0.15) is 48.5 Å². The van der Waals surface area contributed by atoms with Crippen LogP contribution in [-0.2, 0) is 0 Å². The van der Waals surface area contributed by atoms with E-state index in [-0.39, 0.29) is 8.22 Å². The van der Waals surface area contributed by atoms with E-state index in [1.807, 2.05) is 0 Å². The standard InChI is InChI=1S/C17H33N2P/c1-8-18(9-2)20(19(10-3)11-4)17-15(6)12-14(5)13-16(17)7/h12-14,17H,8-11H2,1-7H3. The molecule has 0 unspecified atom stereocenters. The van der Waals surface area contributed by atoms with Gasteiger partial charge in [-0.05, 0) is 19.8 Å². The Morgan fingerprint density at radius 2 is 1.20 bits per heavy atom. The monoisotopic (exact) mass is 296 g/mol. The summed E-state index contributed by atoms with van der Waals surface area (Å²) in [4.78, 5) is 0. The van der Waals surface area contributed by atoms with E-state index in [0.29, 0.717) is 11.6 Å². The fourth-order valence-electron chi connectivity index (χ4n) is 3.32. The Bertz CT molecular complexity index is 322. The topological polar surface area (TPSA) is 6.48 Å². The number of nitrogens with zero attached hydrogens (tertiary/aromatic N) is 2. The highest BCUT2D eigenvalue weighted by atomic mass is 31.1. The predicted octanol–water partition coefficient (Wildman–Crippen LogP) is 4.89. The summed E-state index contributed by atoms with van der Waals surface area (Å²) in [5, 5.41) is 0. The quantitative estimate of drug-likeness (QED) is 0.487. The molecule has 0 fully saturated rings. The maximum atomic E-state index is 2.68. The maximum absolute atomic E-state index is 2.68. The Morgan fingerprint density at radius 3 is 1.50 bits per heavy atom. The third kappa shape index (κ3) is 3.93. The van der Waals surface area contributed by atoms with Crippen molar-refractivity contribution in [1.29, 1.82) is 0 Å². The van der Waals surface area contributed by atoms with Crippen LogP contribution in [0.3, 0.4) is 0 Å². The Kier molecular flexibility index (Phi) is 7.43. The molecule has 0 aliphatic heterocycles. The van der Waals surface area contributed by atoms with E-state index in [2.05, 4.69) is 70.0 Å². The number of allylic oxidation sites excluding steroid dienone is 4. The van der Waals surface area contributed by atoms with Gasteiger partial charge in [0.05, 0.1) is 8.22 Å². The van der Waals surface area contributed by atoms with Crippen molar-refractivity contribution in [2.24, 2.45) is 5.92 Å². The molecular weight excluding hydrogens is 263 g/mol. The molecule has 0 aromatic heterocycles. The van der Waals surface area contributed by atoms with Crippen molar-refractivity contribution in [3.63, 3.8) is 0 Å². The molecule has 116 valence electrons. The summed E-state index contributed by atoms with van der Waals surface area (Å²) in [6.07, 6.45) is 4.92. The van der Waals surface area contributed by atoms with Crippen LogP contribution in [0, 0.1) is 5.92 Å². The summed E-state index contributed by atoms with van der Waals surface area (Å²) >= 11 is 0. The minimum Gasteiger partial charge on any atom is -0.270 e. The first kappa shape index (κ1) is 17.9. The maximum Gasteiger partial charge on any atom is 0.0512 e. The molecule has 1 aliphatic carbocycles. The number of hydrogen-bond acceptors (Lipinski definition) is 2. The second-order valence-electron chi connectivity index (χ2n) is 5.68. The third-order valence-electron chi connectivity index (χ3n) is 4.18. The molecule has 3 heteroatoms. The van der Waals surface area contributed by atoms with Gasteiger partial charge in [0.15, 0.2) is 0 Å². The molecule has 0 atom stereocenters. The van der Waals surface area contributed by atoms with Gasteiger partial charge in [-0.15, -0.1) is 0 Å². The Morgan fingerprint density at radius 1 is 0.850 bits per heavy atom. The lowest BCUT2D eigenvalue weighted by molar-refractivity contribution is 0.419. The van der Waals surface area contributed by atoms with E-state index < -0.39 is 0 Å². The van der Waals surface area contributed by atoms with Gasteiger partial charge in [0, 0.05) is 31.8 Å². The van der Waals surface area contributed by atoms with Crippen LogP contribution in [0.25, 0.3) is 0 Å². The van der Waals surface area contributed by atoms with E-state index in [9.17, 15) is 0 Å². The smallest absolute Gasteiger partial charge is 0.0512 e. The zero-order chi connectivity index (χ0) is 15.3. The third-order valence-corrected chi connectivity index (χ3v) is 7.75. The lowest BCUT2D eigenvalue weighted by atomic mass is 9.94. The molecule has 20 heavy (non-hydrogen) atoms. The zero-order valence-corrected chi connectivity index (χ0v) is 15.4. The van der Waals surface area contributed by atoms with Gasteiger partial charge in [-0.2, -0.15) is 0 Å². The molecule has 0 saturated heterocycles. The molecule has 0 aromatic rings. The second-order valence-corrected chi connectivity index (χ2v) is 7.97. The second kappa shape index (κ2) is 8.32. The molecule has 0 spiro atoms. The highest BCUT2D eigenvalue weighted by Gasteiger charge is 2.34. The number of rotatable bonds is 7. The molecule has 2 nitrogen and oxygen atoms in total. The fraction of sp³-hybridized carbons (Fsp3) is 0.765. The normalized spacial score (nSPS) is 23.5. The van der Waals surface area contributed by atoms with Crippen LogP contribution >= 0.6 is 8.22 Å². The lowest BCUT2D eigenvalue weighted by Gasteiger charge is -2.44. The molecule has 1 aliphatic rings. The van der Waals surface area contributed by atoms with Gasteiger partial charge in [0.1, 0.15) is 0 Å². The number of hydrogen-bond donors (Lipinski definition) is 0. The van der Waals surface area contributed by atoms with Crippen molar-refractivity contribution < 1.29 is 0 Å². The van der Waals surface area contributed by atoms with E-state index in [0.717, 1.165) is 26.2 Å². The van der Waals surface area contributed by atoms with Crippen molar-refractivity contribution in [1.82, 2.24) is 9.34 Å². The Hall–Kier alpha value is -0.170. The van der Waals surface area contributed by atoms with E-state index in [1.165, 1.54) is 0 Å². The molecule has 0 aromatic carbocycles. The van der Waals surface area contributed by atoms with Gasteiger partial charge < -0.3 is 0 Å². The van der Waals surface area contributed by atoms with Gasteiger partial charge in [-0.25, -0.2) is 0 Å². The van der Waals surface area contributed by atoms with Crippen molar-refractivity contribution in [2.75, 3.05) is 26.2 Å². The minimum atomic E-state index is -0.274. The van der Waals surface area contributed by atoms with Crippen LogP contribution in [0.5, 0.6) is 0 Å². The Labute approximate surface area is 127 Å². The average molecular weight is 296 g/mol. The molecule has 0 bridgehead atoms. The van der Waals surface area contributed by atoms with Crippen LogP contribution < -0.4 is 0 Å². The van der Waals surface area contributed by atoms with Crippen molar-refractivity contribution in [3.8, 4) is 0 Å². The summed E-state index contributed by atoms with van der Waals surface area (Å²) in [7, 11) is -0.274. The molecular formula is C17H33N2P. The summed E-state index contributed by atoms with van der Waals surface area (Å²) < 4.78 is 5.36. The summed E-state index contributed by atoms with van der Waals surface area (Å²) in [6, 6.07) is 0. The molecule has 0 N–H and O–H groups in total. The molecule has 0 radical (unpaired) electrons. The van der Waals surface area contributed by atoms with Crippen LogP contribution in [-0.4, -0.2) is 41.2 Å². The van der Waals surface area contributed by atoms with Gasteiger partial charge in [0.25, 0.3) is 0 Å². The van der Waals surface area contributed by atoms with Gasteiger partial charge in [-0.1, -0.05) is 57.9 Å². The van der Waals surface area contributed by atoms with E-state index in [4.69, 9.17) is 0 Å². The Balaban J connectivity index is 3.15. The van der Waals surface area contributed by atoms with Gasteiger partial charge >= 0.3 is 0 Å². The van der Waals surface area contributed by atoms with Crippen molar-refractivity contribution >= 4 is 8.22 Å². The lowest BCUT2D eigenvalue weighted by Crippen LogP contribution is -2.35. The molecule has 1 rings (SSSR count). The first-order valence-electron chi connectivity index (χ1n) is 8.15. The van der Waals surface area contributed by atoms with E-state index in [1.54, 1.807) is 11.1 Å². The SMILES string of the molecule is CCN(CC)P(C1C(C)=CC(C)C=C1C)N(CC)CC. The van der Waals surface area contributed by atoms with Crippen LogP contribution in [0.15, 0.2) is 23.3 Å². The average Bonchev–Trinajstić information content (AvgIpc) is 2.39.